The van der Waals surface area contributed by atoms with Crippen LogP contribution in [0.1, 0.15) is 12.5 Å². The molecule has 0 spiro atoms. The van der Waals surface area contributed by atoms with E-state index in [9.17, 15) is 8.78 Å². The summed E-state index contributed by atoms with van der Waals surface area (Å²) < 4.78 is 29.7. The standard InChI is InChI=1S/C10H12F2O2/c1-10(11,12)7-14-9-4-2-3-8(5-9)6-13/h2-5,13H,6-7H2,1H3. The van der Waals surface area contributed by atoms with E-state index in [4.69, 9.17) is 9.84 Å². The van der Waals surface area contributed by atoms with Gasteiger partial charge < -0.3 is 9.84 Å². The topological polar surface area (TPSA) is 29.5 Å². The van der Waals surface area contributed by atoms with E-state index < -0.39 is 12.5 Å². The third kappa shape index (κ3) is 3.70. The van der Waals surface area contributed by atoms with E-state index in [1.807, 2.05) is 0 Å². The number of ether oxygens (including phenoxy) is 1. The first kappa shape index (κ1) is 10.9. The lowest BCUT2D eigenvalue weighted by Gasteiger charge is -2.12. The molecule has 0 saturated carbocycles. The van der Waals surface area contributed by atoms with Gasteiger partial charge in [0.1, 0.15) is 5.75 Å². The normalized spacial score (nSPS) is 11.4. The van der Waals surface area contributed by atoms with Gasteiger partial charge in [0.25, 0.3) is 5.92 Å². The van der Waals surface area contributed by atoms with Crippen molar-refractivity contribution in [3.8, 4) is 5.75 Å². The fourth-order valence-corrected chi connectivity index (χ4v) is 0.944. The smallest absolute Gasteiger partial charge is 0.278 e. The molecule has 0 fully saturated rings. The van der Waals surface area contributed by atoms with Crippen molar-refractivity contribution in [2.24, 2.45) is 0 Å². The Morgan fingerprint density at radius 2 is 2.14 bits per heavy atom. The Kier molecular flexibility index (Phi) is 3.41. The minimum Gasteiger partial charge on any atom is -0.487 e. The number of hydrogen-bond donors (Lipinski definition) is 1. The van der Waals surface area contributed by atoms with E-state index in [0.29, 0.717) is 11.3 Å². The number of aliphatic hydroxyl groups excluding tert-OH is 1. The molecule has 78 valence electrons. The molecule has 0 saturated heterocycles. The van der Waals surface area contributed by atoms with Gasteiger partial charge in [-0.3, -0.25) is 0 Å². The zero-order chi connectivity index (χ0) is 10.6. The van der Waals surface area contributed by atoms with Crippen molar-refractivity contribution in [1.29, 1.82) is 0 Å². The van der Waals surface area contributed by atoms with Crippen LogP contribution in [0.4, 0.5) is 8.78 Å². The predicted octanol–water partition coefficient (Wildman–Crippen LogP) is 2.21. The summed E-state index contributed by atoms with van der Waals surface area (Å²) in [5.74, 6) is -2.49. The fourth-order valence-electron chi connectivity index (χ4n) is 0.944. The second-order valence-electron chi connectivity index (χ2n) is 3.16. The summed E-state index contributed by atoms with van der Waals surface area (Å²) in [7, 11) is 0. The van der Waals surface area contributed by atoms with Gasteiger partial charge in [0.15, 0.2) is 6.61 Å². The fraction of sp³-hybridized carbons (Fsp3) is 0.400. The summed E-state index contributed by atoms with van der Waals surface area (Å²) in [6, 6.07) is 6.45. The van der Waals surface area contributed by atoms with Crippen molar-refractivity contribution in [3.05, 3.63) is 29.8 Å². The molecule has 0 bridgehead atoms. The molecular weight excluding hydrogens is 190 g/mol. The summed E-state index contributed by atoms with van der Waals surface area (Å²) in [5, 5.41) is 8.79. The number of hydrogen-bond acceptors (Lipinski definition) is 2. The molecule has 1 N–H and O–H groups in total. The Morgan fingerprint density at radius 3 is 2.71 bits per heavy atom. The molecule has 1 aromatic carbocycles. The number of halogens is 2. The highest BCUT2D eigenvalue weighted by Crippen LogP contribution is 2.17. The van der Waals surface area contributed by atoms with Crippen molar-refractivity contribution in [2.45, 2.75) is 19.5 Å². The molecule has 1 rings (SSSR count). The van der Waals surface area contributed by atoms with Gasteiger partial charge in [-0.2, -0.15) is 0 Å². The largest absolute Gasteiger partial charge is 0.487 e. The Balaban J connectivity index is 2.59. The van der Waals surface area contributed by atoms with Gasteiger partial charge in [0, 0.05) is 6.92 Å². The zero-order valence-corrected chi connectivity index (χ0v) is 7.84. The Hall–Kier alpha value is -1.16. The second kappa shape index (κ2) is 4.37. The highest BCUT2D eigenvalue weighted by atomic mass is 19.3. The maximum Gasteiger partial charge on any atom is 0.278 e. The van der Waals surface area contributed by atoms with Crippen LogP contribution in [0, 0.1) is 0 Å². The maximum atomic E-state index is 12.4. The molecule has 0 aliphatic carbocycles. The van der Waals surface area contributed by atoms with E-state index in [1.54, 1.807) is 18.2 Å². The van der Waals surface area contributed by atoms with Gasteiger partial charge in [0.05, 0.1) is 6.61 Å². The minimum atomic E-state index is -2.84. The molecule has 0 atom stereocenters. The summed E-state index contributed by atoms with van der Waals surface area (Å²) >= 11 is 0. The second-order valence-corrected chi connectivity index (χ2v) is 3.16. The monoisotopic (exact) mass is 202 g/mol. The molecule has 0 aromatic heterocycles. The molecule has 14 heavy (non-hydrogen) atoms. The first-order valence-corrected chi connectivity index (χ1v) is 4.22. The first-order valence-electron chi connectivity index (χ1n) is 4.22. The molecule has 0 aliphatic heterocycles. The van der Waals surface area contributed by atoms with E-state index >= 15 is 0 Å². The summed E-state index contributed by atoms with van der Waals surface area (Å²) in [6.07, 6.45) is 0. The van der Waals surface area contributed by atoms with E-state index in [1.165, 1.54) is 6.07 Å². The van der Waals surface area contributed by atoms with Gasteiger partial charge in [-0.05, 0) is 17.7 Å². The number of aliphatic hydroxyl groups is 1. The molecule has 0 radical (unpaired) electrons. The Labute approximate surface area is 81.1 Å². The lowest BCUT2D eigenvalue weighted by atomic mass is 10.2. The van der Waals surface area contributed by atoms with Gasteiger partial charge in [-0.25, -0.2) is 8.78 Å². The van der Waals surface area contributed by atoms with Crippen LogP contribution >= 0.6 is 0 Å². The minimum absolute atomic E-state index is 0.125. The molecule has 0 amide bonds. The predicted molar refractivity (Wildman–Crippen MR) is 48.5 cm³/mol. The number of rotatable bonds is 4. The zero-order valence-electron chi connectivity index (χ0n) is 7.84. The summed E-state index contributed by atoms with van der Waals surface area (Å²) in [5.41, 5.74) is 0.641. The van der Waals surface area contributed by atoms with Gasteiger partial charge in [-0.15, -0.1) is 0 Å². The van der Waals surface area contributed by atoms with Crippen LogP contribution in [0.25, 0.3) is 0 Å². The van der Waals surface area contributed by atoms with Gasteiger partial charge in [-0.1, -0.05) is 12.1 Å². The van der Waals surface area contributed by atoms with Crippen LogP contribution in [0.5, 0.6) is 5.75 Å². The first-order chi connectivity index (χ1) is 6.51. The highest BCUT2D eigenvalue weighted by molar-refractivity contribution is 5.27. The number of alkyl halides is 2. The van der Waals surface area contributed by atoms with Crippen LogP contribution in [-0.2, 0) is 6.61 Å². The average Bonchev–Trinajstić information content (AvgIpc) is 2.14. The third-order valence-corrected chi connectivity index (χ3v) is 1.57. The number of benzene rings is 1. The maximum absolute atomic E-state index is 12.4. The molecule has 4 heteroatoms. The van der Waals surface area contributed by atoms with Crippen molar-refractivity contribution in [3.63, 3.8) is 0 Å². The van der Waals surface area contributed by atoms with Crippen LogP contribution < -0.4 is 4.74 Å². The highest BCUT2D eigenvalue weighted by Gasteiger charge is 2.21. The summed E-state index contributed by atoms with van der Waals surface area (Å²) in [4.78, 5) is 0. The van der Waals surface area contributed by atoms with Gasteiger partial charge in [0.2, 0.25) is 0 Å². The van der Waals surface area contributed by atoms with E-state index in [-0.39, 0.29) is 6.61 Å². The lowest BCUT2D eigenvalue weighted by molar-refractivity contribution is -0.0229. The molecule has 2 nitrogen and oxygen atoms in total. The van der Waals surface area contributed by atoms with Crippen LogP contribution in [0.2, 0.25) is 0 Å². The summed E-state index contributed by atoms with van der Waals surface area (Å²) in [6.45, 7) is 0.0183. The molecule has 1 aromatic rings. The van der Waals surface area contributed by atoms with Gasteiger partial charge >= 0.3 is 0 Å². The van der Waals surface area contributed by atoms with Crippen molar-refractivity contribution in [2.75, 3.05) is 6.61 Å². The van der Waals surface area contributed by atoms with Crippen molar-refractivity contribution >= 4 is 0 Å². The Morgan fingerprint density at radius 1 is 1.43 bits per heavy atom. The molecule has 0 heterocycles. The molecule has 0 aliphatic rings. The lowest BCUT2D eigenvalue weighted by Crippen LogP contribution is -2.20. The van der Waals surface area contributed by atoms with Crippen molar-refractivity contribution < 1.29 is 18.6 Å². The van der Waals surface area contributed by atoms with E-state index in [2.05, 4.69) is 0 Å². The average molecular weight is 202 g/mol. The van der Waals surface area contributed by atoms with E-state index in [0.717, 1.165) is 6.92 Å². The van der Waals surface area contributed by atoms with Crippen LogP contribution in [-0.4, -0.2) is 17.6 Å². The Bertz CT molecular complexity index is 294. The van der Waals surface area contributed by atoms with Crippen molar-refractivity contribution in [1.82, 2.24) is 0 Å². The quantitative estimate of drug-likeness (QED) is 0.811. The van der Waals surface area contributed by atoms with Crippen LogP contribution in [0.15, 0.2) is 24.3 Å². The third-order valence-electron chi connectivity index (χ3n) is 1.57. The molecule has 0 unspecified atom stereocenters. The molecular formula is C10H12F2O2. The van der Waals surface area contributed by atoms with Crippen LogP contribution in [0.3, 0.4) is 0 Å². The SMILES string of the molecule is CC(F)(F)COc1cccc(CO)c1.